The number of piperazine rings is 1. The van der Waals surface area contributed by atoms with Gasteiger partial charge in [0.15, 0.2) is 0 Å². The van der Waals surface area contributed by atoms with E-state index < -0.39 is 0 Å². The van der Waals surface area contributed by atoms with E-state index in [2.05, 4.69) is 22.8 Å². The smallest absolute Gasteiger partial charge is 0.0639 e. The third kappa shape index (κ3) is 5.34. The van der Waals surface area contributed by atoms with Gasteiger partial charge in [-0.2, -0.15) is 5.26 Å². The molecule has 1 heterocycles. The maximum Gasteiger partial charge on any atom is 0.0639 e. The molecule has 4 heteroatoms. The number of hydrogen-bond acceptors (Lipinski definition) is 4. The number of aliphatic hydroxyl groups excluding tert-OH is 1. The van der Waals surface area contributed by atoms with Gasteiger partial charge in [0.1, 0.15) is 0 Å². The Balaban J connectivity index is 2.29. The number of nitriles is 1. The zero-order valence-corrected chi connectivity index (χ0v) is 11.8. The summed E-state index contributed by atoms with van der Waals surface area (Å²) in [5, 5.41) is 18.0. The lowest BCUT2D eigenvalue weighted by atomic mass is 10.1. The van der Waals surface area contributed by atoms with E-state index in [1.54, 1.807) is 0 Å². The van der Waals surface area contributed by atoms with Gasteiger partial charge in [0, 0.05) is 38.6 Å². The molecule has 0 amide bonds. The highest BCUT2D eigenvalue weighted by Crippen LogP contribution is 2.14. The van der Waals surface area contributed by atoms with E-state index >= 15 is 0 Å². The summed E-state index contributed by atoms with van der Waals surface area (Å²) >= 11 is 0. The lowest BCUT2D eigenvalue weighted by molar-refractivity contribution is 0.0362. The molecule has 104 valence electrons. The Hall–Kier alpha value is -0.630. The van der Waals surface area contributed by atoms with Crippen LogP contribution in [0, 0.1) is 11.3 Å². The van der Waals surface area contributed by atoms with Gasteiger partial charge in [-0.05, 0) is 32.7 Å². The molecule has 1 aliphatic heterocycles. The number of hydrogen-bond donors (Lipinski definition) is 1. The molecular formula is C14H27N3O. The van der Waals surface area contributed by atoms with Gasteiger partial charge in [-0.15, -0.1) is 0 Å². The summed E-state index contributed by atoms with van der Waals surface area (Å²) < 4.78 is 0. The van der Waals surface area contributed by atoms with Gasteiger partial charge in [-0.3, -0.25) is 4.90 Å². The van der Waals surface area contributed by atoms with E-state index in [1.165, 1.54) is 0 Å². The zero-order chi connectivity index (χ0) is 13.4. The number of nitrogens with zero attached hydrogens (tertiary/aromatic N) is 3. The summed E-state index contributed by atoms with van der Waals surface area (Å²) in [6, 6.07) is 2.77. The molecule has 1 fully saturated rings. The van der Waals surface area contributed by atoms with Crippen LogP contribution in [0.4, 0.5) is 0 Å². The van der Waals surface area contributed by atoms with Crippen LogP contribution in [0.3, 0.4) is 0 Å². The molecule has 0 unspecified atom stereocenters. The first kappa shape index (κ1) is 15.4. The van der Waals surface area contributed by atoms with Crippen molar-refractivity contribution in [3.05, 3.63) is 0 Å². The Kier molecular flexibility index (Phi) is 7.26. The zero-order valence-electron chi connectivity index (χ0n) is 11.8. The van der Waals surface area contributed by atoms with Crippen molar-refractivity contribution in [2.45, 2.75) is 51.7 Å². The fourth-order valence-corrected chi connectivity index (χ4v) is 2.67. The first-order valence-electron chi connectivity index (χ1n) is 7.18. The molecule has 18 heavy (non-hydrogen) atoms. The monoisotopic (exact) mass is 253 g/mol. The van der Waals surface area contributed by atoms with Crippen molar-refractivity contribution in [3.63, 3.8) is 0 Å². The second-order valence-electron chi connectivity index (χ2n) is 5.32. The molecule has 2 atom stereocenters. The minimum atomic E-state index is -0.235. The predicted octanol–water partition coefficient (Wildman–Crippen LogP) is 1.46. The molecule has 0 radical (unpaired) electrons. The summed E-state index contributed by atoms with van der Waals surface area (Å²) in [6.45, 7) is 9.24. The van der Waals surface area contributed by atoms with E-state index in [0.29, 0.717) is 12.5 Å². The van der Waals surface area contributed by atoms with Gasteiger partial charge in [0.25, 0.3) is 0 Å². The second-order valence-corrected chi connectivity index (χ2v) is 5.32. The van der Waals surface area contributed by atoms with E-state index in [-0.39, 0.29) is 6.10 Å². The summed E-state index contributed by atoms with van der Waals surface area (Å²) in [4.78, 5) is 4.92. The standard InChI is InChI=1S/C14H27N3O/c1-3-14-12-16(8-6-4-5-7-15)9-10-17(14)11-13(2)18/h13-14,18H,3-6,8-12H2,1-2H3/t13-,14-/m0/s1. The van der Waals surface area contributed by atoms with Crippen molar-refractivity contribution in [2.24, 2.45) is 0 Å². The predicted molar refractivity (Wildman–Crippen MR) is 73.2 cm³/mol. The molecule has 1 rings (SSSR count). The molecule has 0 aromatic rings. The van der Waals surface area contributed by atoms with Gasteiger partial charge in [0.2, 0.25) is 0 Å². The fourth-order valence-electron chi connectivity index (χ4n) is 2.67. The van der Waals surface area contributed by atoms with Crippen molar-refractivity contribution in [1.82, 2.24) is 9.80 Å². The van der Waals surface area contributed by atoms with Gasteiger partial charge >= 0.3 is 0 Å². The molecule has 0 aliphatic carbocycles. The van der Waals surface area contributed by atoms with Gasteiger partial charge in [-0.25, -0.2) is 0 Å². The Morgan fingerprint density at radius 3 is 2.78 bits per heavy atom. The van der Waals surface area contributed by atoms with Gasteiger partial charge < -0.3 is 10.0 Å². The van der Waals surface area contributed by atoms with Crippen molar-refractivity contribution < 1.29 is 5.11 Å². The Bertz CT molecular complexity index is 262. The molecule has 0 aromatic carbocycles. The SMILES string of the molecule is CC[C@H]1CN(CCCCC#N)CCN1C[C@H](C)O. The highest BCUT2D eigenvalue weighted by Gasteiger charge is 2.25. The van der Waals surface area contributed by atoms with Gasteiger partial charge in [-0.1, -0.05) is 6.92 Å². The highest BCUT2D eigenvalue weighted by atomic mass is 16.3. The van der Waals surface area contributed by atoms with Crippen LogP contribution in [0.15, 0.2) is 0 Å². The number of β-amino-alcohol motifs (C(OH)–C–C–N with tert-alkyl or cyclic N) is 1. The average Bonchev–Trinajstić information content (AvgIpc) is 2.35. The van der Waals surface area contributed by atoms with E-state index in [0.717, 1.165) is 52.0 Å². The van der Waals surface area contributed by atoms with Crippen molar-refractivity contribution in [1.29, 1.82) is 5.26 Å². The van der Waals surface area contributed by atoms with Crippen LogP contribution < -0.4 is 0 Å². The van der Waals surface area contributed by atoms with Crippen LogP contribution >= 0.6 is 0 Å². The van der Waals surface area contributed by atoms with Crippen LogP contribution in [-0.4, -0.2) is 59.8 Å². The average molecular weight is 253 g/mol. The molecule has 1 saturated heterocycles. The lowest BCUT2D eigenvalue weighted by Gasteiger charge is -2.41. The van der Waals surface area contributed by atoms with Crippen LogP contribution in [0.5, 0.6) is 0 Å². The van der Waals surface area contributed by atoms with Crippen LogP contribution in [0.1, 0.15) is 39.5 Å². The molecule has 1 N–H and O–H groups in total. The molecule has 1 aliphatic rings. The second kappa shape index (κ2) is 8.47. The van der Waals surface area contributed by atoms with Crippen molar-refractivity contribution >= 4 is 0 Å². The quantitative estimate of drug-likeness (QED) is 0.698. The maximum absolute atomic E-state index is 9.50. The molecule has 4 nitrogen and oxygen atoms in total. The summed E-state index contributed by atoms with van der Waals surface area (Å²) in [5.41, 5.74) is 0. The summed E-state index contributed by atoms with van der Waals surface area (Å²) in [7, 11) is 0. The minimum Gasteiger partial charge on any atom is -0.392 e. The molecule has 0 aromatic heterocycles. The minimum absolute atomic E-state index is 0.235. The van der Waals surface area contributed by atoms with Crippen LogP contribution in [-0.2, 0) is 0 Å². The Labute approximate surface area is 111 Å². The fraction of sp³-hybridized carbons (Fsp3) is 0.929. The van der Waals surface area contributed by atoms with E-state index in [1.807, 2.05) is 6.92 Å². The number of unbranched alkanes of at least 4 members (excludes halogenated alkanes) is 2. The van der Waals surface area contributed by atoms with E-state index in [4.69, 9.17) is 5.26 Å². The third-order valence-corrected chi connectivity index (χ3v) is 3.67. The summed E-state index contributed by atoms with van der Waals surface area (Å²) in [5.74, 6) is 0. The van der Waals surface area contributed by atoms with Gasteiger partial charge in [0.05, 0.1) is 12.2 Å². The van der Waals surface area contributed by atoms with Crippen molar-refractivity contribution in [2.75, 3.05) is 32.7 Å². The normalized spacial score (nSPS) is 23.8. The number of rotatable bonds is 7. The highest BCUT2D eigenvalue weighted by molar-refractivity contribution is 4.82. The topological polar surface area (TPSA) is 50.5 Å². The Morgan fingerprint density at radius 2 is 2.17 bits per heavy atom. The maximum atomic E-state index is 9.50. The summed E-state index contributed by atoms with van der Waals surface area (Å²) in [6.07, 6.45) is 3.73. The first-order chi connectivity index (χ1) is 8.67. The largest absolute Gasteiger partial charge is 0.392 e. The Morgan fingerprint density at radius 1 is 1.39 bits per heavy atom. The molecule has 0 saturated carbocycles. The first-order valence-corrected chi connectivity index (χ1v) is 7.18. The molecular weight excluding hydrogens is 226 g/mol. The van der Waals surface area contributed by atoms with Crippen molar-refractivity contribution in [3.8, 4) is 6.07 Å². The molecule has 0 bridgehead atoms. The molecule has 0 spiro atoms. The lowest BCUT2D eigenvalue weighted by Crippen LogP contribution is -2.54. The third-order valence-electron chi connectivity index (χ3n) is 3.67. The van der Waals surface area contributed by atoms with Crippen LogP contribution in [0.25, 0.3) is 0 Å². The van der Waals surface area contributed by atoms with Crippen LogP contribution in [0.2, 0.25) is 0 Å². The van der Waals surface area contributed by atoms with E-state index in [9.17, 15) is 5.11 Å². The number of aliphatic hydroxyl groups is 1.